The molecule has 2 aromatic carbocycles. The molecule has 0 fully saturated rings. The van der Waals surface area contributed by atoms with Gasteiger partial charge in [0.1, 0.15) is 0 Å². The Labute approximate surface area is 206 Å². The number of Topliss-reactive ketones (excluding diaryl/α,β-unsaturated/α-hetero) is 1. The van der Waals surface area contributed by atoms with Gasteiger partial charge in [-0.05, 0) is 61.0 Å². The van der Waals surface area contributed by atoms with Gasteiger partial charge in [-0.2, -0.15) is 0 Å². The standard InChI is InChI=1S/C25H22ClN5O2S/c1-3-23(33)28-19-9-7-17(8-10-19)22(32)15-34-25-30-29-24(18-11-13-27-14-12-18)31(25)21-6-4-5-20(26)16(21)2/h4-14H,3,15H2,1-2H3,(H,28,33). The van der Waals surface area contributed by atoms with E-state index in [2.05, 4.69) is 20.5 Å². The van der Waals surface area contributed by atoms with E-state index in [0.29, 0.717) is 33.7 Å². The first-order valence-electron chi connectivity index (χ1n) is 10.6. The van der Waals surface area contributed by atoms with Gasteiger partial charge in [0.25, 0.3) is 0 Å². The number of nitrogens with zero attached hydrogens (tertiary/aromatic N) is 4. The summed E-state index contributed by atoms with van der Waals surface area (Å²) in [5.41, 5.74) is 3.80. The van der Waals surface area contributed by atoms with E-state index in [-0.39, 0.29) is 17.4 Å². The summed E-state index contributed by atoms with van der Waals surface area (Å²) in [5.74, 6) is 0.685. The number of benzene rings is 2. The molecule has 2 aromatic heterocycles. The highest BCUT2D eigenvalue weighted by molar-refractivity contribution is 7.99. The van der Waals surface area contributed by atoms with Crippen LogP contribution in [0.1, 0.15) is 29.3 Å². The van der Waals surface area contributed by atoms with Crippen LogP contribution < -0.4 is 5.32 Å². The van der Waals surface area contributed by atoms with Crippen LogP contribution in [-0.4, -0.2) is 37.2 Å². The molecular formula is C25H22ClN5O2S. The topological polar surface area (TPSA) is 89.8 Å². The molecule has 0 atom stereocenters. The van der Waals surface area contributed by atoms with Gasteiger partial charge in [0, 0.05) is 40.7 Å². The van der Waals surface area contributed by atoms with Crippen molar-refractivity contribution in [2.75, 3.05) is 11.1 Å². The average Bonchev–Trinajstić information content (AvgIpc) is 3.28. The predicted octanol–water partition coefficient (Wildman–Crippen LogP) is 5.61. The van der Waals surface area contributed by atoms with Crippen LogP contribution in [0.5, 0.6) is 0 Å². The summed E-state index contributed by atoms with van der Waals surface area (Å²) >= 11 is 7.70. The highest BCUT2D eigenvalue weighted by Crippen LogP contribution is 2.31. The minimum Gasteiger partial charge on any atom is -0.326 e. The molecule has 0 saturated heterocycles. The summed E-state index contributed by atoms with van der Waals surface area (Å²) in [6, 6.07) is 16.3. The number of pyridine rings is 1. The fraction of sp³-hybridized carbons (Fsp3) is 0.160. The monoisotopic (exact) mass is 491 g/mol. The van der Waals surface area contributed by atoms with E-state index in [9.17, 15) is 9.59 Å². The van der Waals surface area contributed by atoms with Gasteiger partial charge in [-0.1, -0.05) is 36.4 Å². The quantitative estimate of drug-likeness (QED) is 0.254. The first-order valence-corrected chi connectivity index (χ1v) is 12.0. The van der Waals surface area contributed by atoms with Crippen LogP contribution in [0, 0.1) is 6.92 Å². The molecule has 0 unspecified atom stereocenters. The van der Waals surface area contributed by atoms with E-state index in [0.717, 1.165) is 16.8 Å². The zero-order valence-corrected chi connectivity index (χ0v) is 20.2. The summed E-state index contributed by atoms with van der Waals surface area (Å²) in [4.78, 5) is 28.5. The van der Waals surface area contributed by atoms with Crippen molar-refractivity contribution >= 4 is 40.7 Å². The van der Waals surface area contributed by atoms with Crippen LogP contribution in [0.3, 0.4) is 0 Å². The third-order valence-corrected chi connectivity index (χ3v) is 6.53. The molecule has 34 heavy (non-hydrogen) atoms. The predicted molar refractivity (Wildman–Crippen MR) is 135 cm³/mol. The van der Waals surface area contributed by atoms with Crippen molar-refractivity contribution in [1.82, 2.24) is 19.7 Å². The van der Waals surface area contributed by atoms with Crippen LogP contribution in [0.4, 0.5) is 5.69 Å². The Kier molecular flexibility index (Phi) is 7.40. The number of aromatic nitrogens is 4. The Bertz CT molecular complexity index is 1320. The number of rotatable bonds is 8. The number of carbonyl (C=O) groups is 2. The lowest BCUT2D eigenvalue weighted by molar-refractivity contribution is -0.115. The second-order valence-corrected chi connectivity index (χ2v) is 8.80. The number of hydrogen-bond donors (Lipinski definition) is 1. The van der Waals surface area contributed by atoms with Crippen molar-refractivity contribution in [2.24, 2.45) is 0 Å². The van der Waals surface area contributed by atoms with Gasteiger partial charge in [0.2, 0.25) is 5.91 Å². The zero-order chi connectivity index (χ0) is 24.1. The van der Waals surface area contributed by atoms with E-state index in [4.69, 9.17) is 11.6 Å². The lowest BCUT2D eigenvalue weighted by atomic mass is 10.1. The molecule has 2 heterocycles. The molecule has 0 aliphatic heterocycles. The molecule has 0 spiro atoms. The van der Waals surface area contributed by atoms with Crippen molar-refractivity contribution < 1.29 is 9.59 Å². The highest BCUT2D eigenvalue weighted by Gasteiger charge is 2.19. The SMILES string of the molecule is CCC(=O)Nc1ccc(C(=O)CSc2nnc(-c3ccncc3)n2-c2cccc(Cl)c2C)cc1. The lowest BCUT2D eigenvalue weighted by Gasteiger charge is -2.13. The molecule has 0 bridgehead atoms. The van der Waals surface area contributed by atoms with Crippen LogP contribution in [0.15, 0.2) is 72.1 Å². The molecule has 1 N–H and O–H groups in total. The fourth-order valence-electron chi connectivity index (χ4n) is 3.31. The van der Waals surface area contributed by atoms with Crippen molar-refractivity contribution in [2.45, 2.75) is 25.4 Å². The Morgan fingerprint density at radius 2 is 1.76 bits per heavy atom. The molecule has 0 aliphatic rings. The Morgan fingerprint density at radius 1 is 1.03 bits per heavy atom. The maximum atomic E-state index is 12.9. The number of hydrogen-bond acceptors (Lipinski definition) is 6. The Balaban J connectivity index is 1.60. The van der Waals surface area contributed by atoms with Gasteiger partial charge in [-0.25, -0.2) is 0 Å². The van der Waals surface area contributed by atoms with E-state index >= 15 is 0 Å². The van der Waals surface area contributed by atoms with Gasteiger partial charge in [-0.15, -0.1) is 10.2 Å². The molecule has 4 rings (SSSR count). The molecule has 7 nitrogen and oxygen atoms in total. The van der Waals surface area contributed by atoms with Crippen molar-refractivity contribution in [3.8, 4) is 17.1 Å². The molecule has 1 amide bonds. The van der Waals surface area contributed by atoms with Crippen LogP contribution in [0.25, 0.3) is 17.1 Å². The third-order valence-electron chi connectivity index (χ3n) is 5.20. The molecular weight excluding hydrogens is 470 g/mol. The van der Waals surface area contributed by atoms with Gasteiger partial charge in [0.05, 0.1) is 11.4 Å². The normalized spacial score (nSPS) is 10.8. The number of halogens is 1. The maximum absolute atomic E-state index is 12.9. The molecule has 0 aliphatic carbocycles. The smallest absolute Gasteiger partial charge is 0.224 e. The average molecular weight is 492 g/mol. The first-order chi connectivity index (χ1) is 16.5. The molecule has 0 saturated carbocycles. The summed E-state index contributed by atoms with van der Waals surface area (Å²) < 4.78 is 1.91. The van der Waals surface area contributed by atoms with Gasteiger partial charge in [0.15, 0.2) is 16.8 Å². The zero-order valence-electron chi connectivity index (χ0n) is 18.7. The second-order valence-electron chi connectivity index (χ2n) is 7.45. The summed E-state index contributed by atoms with van der Waals surface area (Å²) in [6.45, 7) is 3.72. The first kappa shape index (κ1) is 23.7. The summed E-state index contributed by atoms with van der Waals surface area (Å²) in [6.07, 6.45) is 3.79. The Hall–Kier alpha value is -3.49. The van der Waals surface area contributed by atoms with E-state index in [1.54, 1.807) is 43.6 Å². The van der Waals surface area contributed by atoms with E-state index in [1.807, 2.05) is 41.8 Å². The van der Waals surface area contributed by atoms with Gasteiger partial charge >= 0.3 is 0 Å². The fourth-order valence-corrected chi connectivity index (χ4v) is 4.32. The van der Waals surface area contributed by atoms with Gasteiger partial charge < -0.3 is 5.32 Å². The minimum atomic E-state index is -0.0738. The summed E-state index contributed by atoms with van der Waals surface area (Å²) in [5, 5.41) is 12.8. The number of ketones is 1. The lowest BCUT2D eigenvalue weighted by Crippen LogP contribution is -2.10. The molecule has 0 radical (unpaired) electrons. The highest BCUT2D eigenvalue weighted by atomic mass is 35.5. The summed E-state index contributed by atoms with van der Waals surface area (Å²) in [7, 11) is 0. The number of anilines is 1. The van der Waals surface area contributed by atoms with Crippen LogP contribution >= 0.6 is 23.4 Å². The number of nitrogens with one attached hydrogen (secondary N) is 1. The van der Waals surface area contributed by atoms with E-state index in [1.165, 1.54) is 11.8 Å². The molecule has 4 aromatic rings. The number of carbonyl (C=O) groups excluding carboxylic acids is 2. The van der Waals surface area contributed by atoms with Gasteiger partial charge in [-0.3, -0.25) is 19.1 Å². The number of thioether (sulfide) groups is 1. The van der Waals surface area contributed by atoms with Crippen LogP contribution in [-0.2, 0) is 4.79 Å². The van der Waals surface area contributed by atoms with Crippen molar-refractivity contribution in [3.63, 3.8) is 0 Å². The third kappa shape index (κ3) is 5.18. The second kappa shape index (κ2) is 10.6. The maximum Gasteiger partial charge on any atom is 0.224 e. The minimum absolute atomic E-state index is 0.0544. The van der Waals surface area contributed by atoms with E-state index < -0.39 is 0 Å². The van der Waals surface area contributed by atoms with Crippen molar-refractivity contribution in [1.29, 1.82) is 0 Å². The Morgan fingerprint density at radius 3 is 2.47 bits per heavy atom. The molecule has 172 valence electrons. The largest absolute Gasteiger partial charge is 0.326 e. The number of amides is 1. The van der Waals surface area contributed by atoms with Crippen LogP contribution in [0.2, 0.25) is 5.02 Å². The molecule has 9 heteroatoms. The van der Waals surface area contributed by atoms with Crippen molar-refractivity contribution in [3.05, 3.63) is 83.1 Å².